The van der Waals surface area contributed by atoms with E-state index in [1.54, 1.807) is 6.07 Å². The number of hydrogen-bond acceptors (Lipinski definition) is 5. The summed E-state index contributed by atoms with van der Waals surface area (Å²) in [6, 6.07) is 11.2. The highest BCUT2D eigenvalue weighted by atomic mass is 19.1. The topological polar surface area (TPSA) is 48.9 Å². The molecule has 0 aliphatic carbocycles. The minimum Gasteiger partial charge on any atom is -0.492 e. The third kappa shape index (κ3) is 4.09. The van der Waals surface area contributed by atoms with Gasteiger partial charge in [0.1, 0.15) is 24.0 Å². The Kier molecular flexibility index (Phi) is 5.43. The standard InChI is InChI=1S/C21H25FN4O2/c1-16-13-25(8-9-26(16)20-7-6-18(22)12-23-20)21(27)15-24-10-11-28-19-5-3-2-4-17(19)14-24/h2-7,12,16H,8-11,13-15H2,1H3. The first kappa shape index (κ1) is 18.7. The van der Waals surface area contributed by atoms with E-state index in [2.05, 4.69) is 27.8 Å². The van der Waals surface area contributed by atoms with Gasteiger partial charge in [0.2, 0.25) is 5.91 Å². The van der Waals surface area contributed by atoms with Gasteiger partial charge in [0.05, 0.1) is 12.7 Å². The second-order valence-corrected chi connectivity index (χ2v) is 7.38. The zero-order chi connectivity index (χ0) is 19.5. The molecule has 0 bridgehead atoms. The lowest BCUT2D eigenvalue weighted by atomic mass is 10.1. The number of carbonyl (C=O) groups excluding carboxylic acids is 1. The number of carbonyl (C=O) groups is 1. The third-order valence-electron chi connectivity index (χ3n) is 5.38. The molecule has 1 unspecified atom stereocenters. The van der Waals surface area contributed by atoms with Gasteiger partial charge in [-0.05, 0) is 25.1 Å². The fourth-order valence-electron chi connectivity index (χ4n) is 3.87. The van der Waals surface area contributed by atoms with Crippen LogP contribution in [0.5, 0.6) is 5.75 Å². The average Bonchev–Trinajstić information content (AvgIpc) is 2.90. The number of rotatable bonds is 3. The Bertz CT molecular complexity index is 829. The Balaban J connectivity index is 1.35. The van der Waals surface area contributed by atoms with Crippen LogP contribution in [0.4, 0.5) is 10.2 Å². The van der Waals surface area contributed by atoms with Crippen LogP contribution in [-0.4, -0.2) is 66.1 Å². The van der Waals surface area contributed by atoms with Gasteiger partial charge >= 0.3 is 0 Å². The van der Waals surface area contributed by atoms with Crippen LogP contribution in [0.1, 0.15) is 12.5 Å². The number of fused-ring (bicyclic) bond motifs is 1. The number of anilines is 1. The van der Waals surface area contributed by atoms with Gasteiger partial charge < -0.3 is 14.5 Å². The van der Waals surface area contributed by atoms with Crippen LogP contribution < -0.4 is 9.64 Å². The highest BCUT2D eigenvalue weighted by molar-refractivity contribution is 5.78. The molecule has 28 heavy (non-hydrogen) atoms. The van der Waals surface area contributed by atoms with Gasteiger partial charge in [0, 0.05) is 44.3 Å². The maximum absolute atomic E-state index is 13.1. The van der Waals surface area contributed by atoms with Crippen molar-refractivity contribution < 1.29 is 13.9 Å². The molecule has 2 aliphatic rings. The maximum atomic E-state index is 13.1. The van der Waals surface area contributed by atoms with E-state index in [0.717, 1.165) is 30.2 Å². The molecular formula is C21H25FN4O2. The van der Waals surface area contributed by atoms with Crippen LogP contribution in [0.3, 0.4) is 0 Å². The van der Waals surface area contributed by atoms with Gasteiger partial charge in [-0.25, -0.2) is 9.37 Å². The van der Waals surface area contributed by atoms with Crippen molar-refractivity contribution in [1.29, 1.82) is 0 Å². The van der Waals surface area contributed by atoms with E-state index in [4.69, 9.17) is 4.74 Å². The summed E-state index contributed by atoms with van der Waals surface area (Å²) in [4.78, 5) is 23.2. The molecule has 1 fully saturated rings. The van der Waals surface area contributed by atoms with Crippen LogP contribution in [-0.2, 0) is 11.3 Å². The van der Waals surface area contributed by atoms with Crippen molar-refractivity contribution in [2.24, 2.45) is 0 Å². The lowest BCUT2D eigenvalue weighted by Gasteiger charge is -2.41. The third-order valence-corrected chi connectivity index (χ3v) is 5.38. The molecule has 1 aromatic carbocycles. The number of ether oxygens (including phenoxy) is 1. The summed E-state index contributed by atoms with van der Waals surface area (Å²) >= 11 is 0. The summed E-state index contributed by atoms with van der Waals surface area (Å²) in [7, 11) is 0. The number of aromatic nitrogens is 1. The zero-order valence-corrected chi connectivity index (χ0v) is 16.1. The fourth-order valence-corrected chi connectivity index (χ4v) is 3.87. The Hall–Kier alpha value is -2.67. The van der Waals surface area contributed by atoms with E-state index < -0.39 is 0 Å². The highest BCUT2D eigenvalue weighted by Gasteiger charge is 2.28. The molecule has 148 valence electrons. The molecule has 0 N–H and O–H groups in total. The van der Waals surface area contributed by atoms with Crippen molar-refractivity contribution >= 4 is 11.7 Å². The predicted molar refractivity (Wildman–Crippen MR) is 105 cm³/mol. The van der Waals surface area contributed by atoms with Crippen LogP contribution >= 0.6 is 0 Å². The molecule has 7 heteroatoms. The molecule has 0 spiro atoms. The Morgan fingerprint density at radius 2 is 2.07 bits per heavy atom. The summed E-state index contributed by atoms with van der Waals surface area (Å²) < 4.78 is 18.9. The molecule has 1 aromatic heterocycles. The summed E-state index contributed by atoms with van der Waals surface area (Å²) in [6.07, 6.45) is 1.23. The van der Waals surface area contributed by atoms with Crippen molar-refractivity contribution in [2.75, 3.05) is 44.2 Å². The number of pyridine rings is 1. The molecule has 0 saturated carbocycles. The van der Waals surface area contributed by atoms with Gasteiger partial charge in [-0.1, -0.05) is 18.2 Å². The quantitative estimate of drug-likeness (QED) is 0.812. The van der Waals surface area contributed by atoms with Crippen molar-refractivity contribution in [3.63, 3.8) is 0 Å². The minimum atomic E-state index is -0.340. The molecular weight excluding hydrogens is 359 g/mol. The Morgan fingerprint density at radius 3 is 2.86 bits per heavy atom. The summed E-state index contributed by atoms with van der Waals surface area (Å²) in [5, 5.41) is 0. The van der Waals surface area contributed by atoms with E-state index in [1.165, 1.54) is 12.3 Å². The largest absolute Gasteiger partial charge is 0.492 e. The number of piperazine rings is 1. The molecule has 6 nitrogen and oxygen atoms in total. The molecule has 1 atom stereocenters. The minimum absolute atomic E-state index is 0.129. The molecule has 1 amide bonds. The second kappa shape index (κ2) is 8.14. The van der Waals surface area contributed by atoms with E-state index in [9.17, 15) is 9.18 Å². The molecule has 3 heterocycles. The number of benzene rings is 1. The van der Waals surface area contributed by atoms with E-state index in [0.29, 0.717) is 32.8 Å². The van der Waals surface area contributed by atoms with Crippen LogP contribution in [0.15, 0.2) is 42.6 Å². The SMILES string of the molecule is CC1CN(C(=O)CN2CCOc3ccccc3C2)CCN1c1ccc(F)cn1. The van der Waals surface area contributed by atoms with Crippen LogP contribution in [0.2, 0.25) is 0 Å². The van der Waals surface area contributed by atoms with Crippen molar-refractivity contribution in [3.05, 3.63) is 54.0 Å². The van der Waals surface area contributed by atoms with E-state index in [-0.39, 0.29) is 17.8 Å². The van der Waals surface area contributed by atoms with E-state index in [1.807, 2.05) is 23.1 Å². The van der Waals surface area contributed by atoms with Gasteiger partial charge in [0.15, 0.2) is 0 Å². The average molecular weight is 384 g/mol. The fraction of sp³-hybridized carbons (Fsp3) is 0.429. The van der Waals surface area contributed by atoms with Gasteiger partial charge in [-0.15, -0.1) is 0 Å². The summed E-state index contributed by atoms with van der Waals surface area (Å²) in [5.74, 6) is 1.46. The normalized spacial score (nSPS) is 20.3. The monoisotopic (exact) mass is 384 g/mol. The Morgan fingerprint density at radius 1 is 1.21 bits per heavy atom. The maximum Gasteiger partial charge on any atom is 0.236 e. The number of hydrogen-bond donors (Lipinski definition) is 0. The summed E-state index contributed by atoms with van der Waals surface area (Å²) in [5.41, 5.74) is 1.12. The van der Waals surface area contributed by atoms with Crippen LogP contribution in [0.25, 0.3) is 0 Å². The first-order chi connectivity index (χ1) is 13.6. The number of amides is 1. The lowest BCUT2D eigenvalue weighted by Crippen LogP contribution is -2.55. The van der Waals surface area contributed by atoms with E-state index >= 15 is 0 Å². The molecule has 0 radical (unpaired) electrons. The number of para-hydroxylation sites is 1. The van der Waals surface area contributed by atoms with Crippen molar-refractivity contribution in [2.45, 2.75) is 19.5 Å². The molecule has 4 rings (SSSR count). The Labute approximate surface area is 164 Å². The van der Waals surface area contributed by atoms with Gasteiger partial charge in [-0.3, -0.25) is 9.69 Å². The molecule has 1 saturated heterocycles. The van der Waals surface area contributed by atoms with Crippen LogP contribution in [0, 0.1) is 5.82 Å². The molecule has 2 aliphatic heterocycles. The predicted octanol–water partition coefficient (Wildman–Crippen LogP) is 2.15. The van der Waals surface area contributed by atoms with Crippen molar-refractivity contribution in [3.8, 4) is 5.75 Å². The van der Waals surface area contributed by atoms with Gasteiger partial charge in [-0.2, -0.15) is 0 Å². The second-order valence-electron chi connectivity index (χ2n) is 7.38. The van der Waals surface area contributed by atoms with Gasteiger partial charge in [0.25, 0.3) is 0 Å². The first-order valence-corrected chi connectivity index (χ1v) is 9.69. The van der Waals surface area contributed by atoms with Crippen molar-refractivity contribution in [1.82, 2.24) is 14.8 Å². The highest BCUT2D eigenvalue weighted by Crippen LogP contribution is 2.23. The molecule has 2 aromatic rings. The first-order valence-electron chi connectivity index (χ1n) is 9.69. The lowest BCUT2D eigenvalue weighted by molar-refractivity contribution is -0.133. The summed E-state index contributed by atoms with van der Waals surface area (Å²) in [6.45, 7) is 6.47. The number of nitrogens with zero attached hydrogens (tertiary/aromatic N) is 4. The smallest absolute Gasteiger partial charge is 0.236 e. The number of halogens is 1. The zero-order valence-electron chi connectivity index (χ0n) is 16.1.